The fraction of sp³-hybridized carbons (Fsp3) is 0.158. The molecule has 8 heteroatoms. The van der Waals surface area contributed by atoms with E-state index >= 15 is 0 Å². The van der Waals surface area contributed by atoms with Crippen LogP contribution in [0.15, 0.2) is 47.6 Å². The maximum absolute atomic E-state index is 12.9. The van der Waals surface area contributed by atoms with E-state index in [9.17, 15) is 9.18 Å². The molecule has 136 valence electrons. The summed E-state index contributed by atoms with van der Waals surface area (Å²) in [6, 6.07) is 12.1. The first kappa shape index (κ1) is 17.4. The summed E-state index contributed by atoms with van der Waals surface area (Å²) < 4.78 is 12.9. The number of amides is 1. The maximum Gasteiger partial charge on any atom is 0.230 e. The van der Waals surface area contributed by atoms with Gasteiger partial charge in [-0.05, 0) is 36.8 Å². The predicted octanol–water partition coefficient (Wildman–Crippen LogP) is 3.36. The summed E-state index contributed by atoms with van der Waals surface area (Å²) in [7, 11) is 0. The molecule has 1 amide bonds. The zero-order chi connectivity index (χ0) is 18.8. The third-order valence-corrected chi connectivity index (χ3v) is 4.92. The highest BCUT2D eigenvalue weighted by Crippen LogP contribution is 2.24. The van der Waals surface area contributed by atoms with Crippen molar-refractivity contribution in [2.75, 3.05) is 5.75 Å². The number of hydrogen-bond donors (Lipinski definition) is 2. The lowest BCUT2D eigenvalue weighted by molar-refractivity contribution is -0.118. The number of fused-ring (bicyclic) bond motifs is 3. The molecule has 0 unspecified atom stereocenters. The van der Waals surface area contributed by atoms with E-state index in [1.807, 2.05) is 25.1 Å². The van der Waals surface area contributed by atoms with Gasteiger partial charge in [0.2, 0.25) is 11.1 Å². The van der Waals surface area contributed by atoms with Crippen LogP contribution in [0.1, 0.15) is 11.1 Å². The van der Waals surface area contributed by atoms with Crippen molar-refractivity contribution in [3.63, 3.8) is 0 Å². The second kappa shape index (κ2) is 7.32. The zero-order valence-electron chi connectivity index (χ0n) is 14.5. The highest BCUT2D eigenvalue weighted by molar-refractivity contribution is 7.99. The standard InChI is InChI=1S/C19H16FN5OS/c1-11-2-7-15-14(8-11)17-18(22-15)23-19(25-24-17)27-10-16(26)21-9-12-3-5-13(20)6-4-12/h2-8H,9-10H2,1H3,(H,21,26)(H,22,23,25). The molecule has 4 rings (SSSR count). The number of thioether (sulfide) groups is 1. The highest BCUT2D eigenvalue weighted by atomic mass is 32.2. The monoisotopic (exact) mass is 381 g/mol. The van der Waals surface area contributed by atoms with E-state index in [4.69, 9.17) is 0 Å². The van der Waals surface area contributed by atoms with Crippen LogP contribution in [0.3, 0.4) is 0 Å². The van der Waals surface area contributed by atoms with E-state index in [1.165, 1.54) is 23.9 Å². The number of aromatic nitrogens is 4. The number of nitrogens with zero attached hydrogens (tertiary/aromatic N) is 3. The molecule has 2 N–H and O–H groups in total. The first-order valence-corrected chi connectivity index (χ1v) is 9.34. The Kier molecular flexibility index (Phi) is 4.72. The summed E-state index contributed by atoms with van der Waals surface area (Å²) in [6.07, 6.45) is 0. The van der Waals surface area contributed by atoms with Crippen LogP contribution in [-0.2, 0) is 11.3 Å². The Morgan fingerprint density at radius 1 is 1.19 bits per heavy atom. The normalized spacial score (nSPS) is 11.2. The van der Waals surface area contributed by atoms with Gasteiger partial charge in [0.1, 0.15) is 11.3 Å². The second-order valence-electron chi connectivity index (χ2n) is 6.16. The molecular weight excluding hydrogens is 365 g/mol. The van der Waals surface area contributed by atoms with E-state index < -0.39 is 0 Å². The Hall–Kier alpha value is -3.00. The van der Waals surface area contributed by atoms with Gasteiger partial charge in [-0.25, -0.2) is 9.37 Å². The molecule has 0 bridgehead atoms. The van der Waals surface area contributed by atoms with E-state index in [2.05, 4.69) is 25.5 Å². The van der Waals surface area contributed by atoms with E-state index in [0.29, 0.717) is 17.3 Å². The minimum Gasteiger partial charge on any atom is -0.351 e. The van der Waals surface area contributed by atoms with Crippen LogP contribution in [-0.4, -0.2) is 31.8 Å². The van der Waals surface area contributed by atoms with Crippen molar-refractivity contribution in [2.45, 2.75) is 18.6 Å². The van der Waals surface area contributed by atoms with Gasteiger partial charge in [0.05, 0.1) is 5.75 Å². The van der Waals surface area contributed by atoms with Crippen molar-refractivity contribution in [1.82, 2.24) is 25.5 Å². The first-order chi connectivity index (χ1) is 13.1. The molecule has 0 atom stereocenters. The van der Waals surface area contributed by atoms with Crippen LogP contribution < -0.4 is 5.32 Å². The van der Waals surface area contributed by atoms with Crippen molar-refractivity contribution in [1.29, 1.82) is 0 Å². The Morgan fingerprint density at radius 2 is 2.00 bits per heavy atom. The van der Waals surface area contributed by atoms with Crippen LogP contribution in [0.2, 0.25) is 0 Å². The van der Waals surface area contributed by atoms with Crippen LogP contribution >= 0.6 is 11.8 Å². The quantitative estimate of drug-likeness (QED) is 0.518. The van der Waals surface area contributed by atoms with Gasteiger partial charge in [0, 0.05) is 17.4 Å². The molecule has 4 aromatic rings. The fourth-order valence-corrected chi connectivity index (χ4v) is 3.33. The summed E-state index contributed by atoms with van der Waals surface area (Å²) in [5, 5.41) is 12.6. The number of nitrogens with one attached hydrogen (secondary N) is 2. The van der Waals surface area contributed by atoms with E-state index in [1.54, 1.807) is 12.1 Å². The number of aromatic amines is 1. The van der Waals surface area contributed by atoms with Crippen molar-refractivity contribution < 1.29 is 9.18 Å². The summed E-state index contributed by atoms with van der Waals surface area (Å²) in [5.41, 5.74) is 4.30. The van der Waals surface area contributed by atoms with Crippen molar-refractivity contribution in [3.8, 4) is 0 Å². The largest absolute Gasteiger partial charge is 0.351 e. The Bertz CT molecular complexity index is 1130. The zero-order valence-corrected chi connectivity index (χ0v) is 15.3. The van der Waals surface area contributed by atoms with Crippen molar-refractivity contribution in [2.24, 2.45) is 0 Å². The van der Waals surface area contributed by atoms with E-state index in [0.717, 1.165) is 27.5 Å². The lowest BCUT2D eigenvalue weighted by atomic mass is 10.2. The molecule has 0 aliphatic rings. The Morgan fingerprint density at radius 3 is 2.81 bits per heavy atom. The average molecular weight is 381 g/mol. The van der Waals surface area contributed by atoms with Gasteiger partial charge >= 0.3 is 0 Å². The van der Waals surface area contributed by atoms with Gasteiger partial charge in [-0.3, -0.25) is 4.79 Å². The van der Waals surface area contributed by atoms with Gasteiger partial charge in [0.15, 0.2) is 5.65 Å². The molecule has 2 aromatic heterocycles. The summed E-state index contributed by atoms with van der Waals surface area (Å²) in [5.74, 6) is -0.277. The third-order valence-electron chi connectivity index (χ3n) is 4.09. The molecule has 0 aliphatic carbocycles. The molecule has 0 saturated carbocycles. The summed E-state index contributed by atoms with van der Waals surface area (Å²) in [4.78, 5) is 19.7. The first-order valence-electron chi connectivity index (χ1n) is 8.35. The molecule has 0 radical (unpaired) electrons. The molecule has 0 fully saturated rings. The van der Waals surface area contributed by atoms with Crippen LogP contribution in [0.4, 0.5) is 4.39 Å². The molecule has 0 aliphatic heterocycles. The number of carbonyl (C=O) groups is 1. The second-order valence-corrected chi connectivity index (χ2v) is 7.10. The topological polar surface area (TPSA) is 83.6 Å². The lowest BCUT2D eigenvalue weighted by Gasteiger charge is -2.04. The predicted molar refractivity (Wildman–Crippen MR) is 103 cm³/mol. The fourth-order valence-electron chi connectivity index (χ4n) is 2.72. The minimum absolute atomic E-state index is 0.153. The molecule has 0 saturated heterocycles. The van der Waals surface area contributed by atoms with E-state index in [-0.39, 0.29) is 17.5 Å². The summed E-state index contributed by atoms with van der Waals surface area (Å²) >= 11 is 1.22. The molecule has 0 spiro atoms. The molecule has 6 nitrogen and oxygen atoms in total. The number of halogens is 1. The van der Waals surface area contributed by atoms with Gasteiger partial charge in [-0.2, -0.15) is 0 Å². The third kappa shape index (κ3) is 3.90. The SMILES string of the molecule is Cc1ccc2[nH]c3nc(SCC(=O)NCc4ccc(F)cc4)nnc3c2c1. The van der Waals surface area contributed by atoms with Gasteiger partial charge in [-0.1, -0.05) is 35.5 Å². The number of aryl methyl sites for hydroxylation is 1. The Labute approximate surface area is 158 Å². The van der Waals surface area contributed by atoms with Gasteiger partial charge in [0.25, 0.3) is 0 Å². The van der Waals surface area contributed by atoms with Crippen molar-refractivity contribution in [3.05, 3.63) is 59.4 Å². The molecule has 2 aromatic carbocycles. The Balaban J connectivity index is 1.40. The molecular formula is C19H16FN5OS. The molecule has 2 heterocycles. The highest BCUT2D eigenvalue weighted by Gasteiger charge is 2.11. The number of hydrogen-bond acceptors (Lipinski definition) is 5. The van der Waals surface area contributed by atoms with Crippen molar-refractivity contribution >= 4 is 39.7 Å². The number of carbonyl (C=O) groups excluding carboxylic acids is 1. The average Bonchev–Trinajstić information content (AvgIpc) is 3.03. The van der Waals surface area contributed by atoms with Crippen LogP contribution in [0.25, 0.3) is 22.1 Å². The summed E-state index contributed by atoms with van der Waals surface area (Å²) in [6.45, 7) is 2.37. The van der Waals surface area contributed by atoms with Gasteiger partial charge < -0.3 is 10.3 Å². The number of rotatable bonds is 5. The number of H-pyrrole nitrogens is 1. The molecule has 27 heavy (non-hydrogen) atoms. The van der Waals surface area contributed by atoms with Gasteiger partial charge in [-0.15, -0.1) is 10.2 Å². The van der Waals surface area contributed by atoms with Crippen LogP contribution in [0, 0.1) is 12.7 Å². The van der Waals surface area contributed by atoms with Crippen LogP contribution in [0.5, 0.6) is 0 Å². The number of benzene rings is 2. The smallest absolute Gasteiger partial charge is 0.230 e. The maximum atomic E-state index is 12.9. The lowest BCUT2D eigenvalue weighted by Crippen LogP contribution is -2.24. The minimum atomic E-state index is -0.298.